The normalized spacial score (nSPS) is 23.5. The number of amides is 4. The minimum absolute atomic E-state index is 0.103. The molecule has 2 aliphatic rings. The SMILES string of the molecule is CCCCC(NC(=O)[C@@H]1[C@H]2[C@@H](CN1C(=O)[C@@H](NC(=O)OC(C)(C)C)C(C)(C)C)C2(C)C)C(=O)C(=O)NOC. The maximum absolute atomic E-state index is 13.9. The molecule has 4 amide bonds. The molecule has 1 aliphatic heterocycles. The van der Waals surface area contributed by atoms with E-state index in [0.717, 1.165) is 6.42 Å². The smallest absolute Gasteiger partial charge is 0.408 e. The van der Waals surface area contributed by atoms with E-state index in [1.807, 2.05) is 33.2 Å². The van der Waals surface area contributed by atoms with Crippen molar-refractivity contribution < 1.29 is 33.5 Å². The molecule has 5 atom stereocenters. The molecule has 1 saturated heterocycles. The van der Waals surface area contributed by atoms with Crippen LogP contribution in [0.5, 0.6) is 0 Å². The minimum atomic E-state index is -1.05. The Morgan fingerprint density at radius 2 is 1.63 bits per heavy atom. The van der Waals surface area contributed by atoms with Gasteiger partial charge in [0.25, 0.3) is 0 Å². The van der Waals surface area contributed by atoms with Crippen molar-refractivity contribution in [1.82, 2.24) is 21.0 Å². The van der Waals surface area contributed by atoms with Crippen molar-refractivity contribution in [3.63, 3.8) is 0 Å². The lowest BCUT2D eigenvalue weighted by molar-refractivity contribution is -0.147. The zero-order valence-electron chi connectivity index (χ0n) is 24.5. The molecule has 216 valence electrons. The third-order valence-electron chi connectivity index (χ3n) is 7.43. The fourth-order valence-electron chi connectivity index (χ4n) is 5.29. The zero-order valence-corrected chi connectivity index (χ0v) is 24.5. The van der Waals surface area contributed by atoms with Gasteiger partial charge in [-0.2, -0.15) is 0 Å². The van der Waals surface area contributed by atoms with E-state index in [0.29, 0.717) is 13.0 Å². The van der Waals surface area contributed by atoms with Gasteiger partial charge in [-0.1, -0.05) is 54.4 Å². The Morgan fingerprint density at radius 1 is 1.03 bits per heavy atom. The Bertz CT molecular complexity index is 935. The number of Topliss-reactive ketones (excluding diaryl/α,β-unsaturated/α-hetero) is 1. The Balaban J connectivity index is 2.32. The molecule has 11 heteroatoms. The Kier molecular flexibility index (Phi) is 9.62. The van der Waals surface area contributed by atoms with Gasteiger partial charge < -0.3 is 20.3 Å². The second-order valence-corrected chi connectivity index (χ2v) is 13.0. The summed E-state index contributed by atoms with van der Waals surface area (Å²) >= 11 is 0. The van der Waals surface area contributed by atoms with Gasteiger partial charge in [-0.25, -0.2) is 10.3 Å². The van der Waals surface area contributed by atoms with E-state index in [9.17, 15) is 24.0 Å². The van der Waals surface area contributed by atoms with Crippen LogP contribution in [0.25, 0.3) is 0 Å². The minimum Gasteiger partial charge on any atom is -0.444 e. The van der Waals surface area contributed by atoms with Crippen molar-refractivity contribution in [1.29, 1.82) is 0 Å². The second kappa shape index (κ2) is 11.6. The van der Waals surface area contributed by atoms with Crippen LogP contribution in [-0.4, -0.2) is 71.9 Å². The van der Waals surface area contributed by atoms with Gasteiger partial charge in [0, 0.05) is 6.54 Å². The van der Waals surface area contributed by atoms with Crippen molar-refractivity contribution in [2.75, 3.05) is 13.7 Å². The van der Waals surface area contributed by atoms with Crippen LogP contribution in [0.1, 0.15) is 81.6 Å². The predicted octanol–water partition coefficient (Wildman–Crippen LogP) is 2.33. The second-order valence-electron chi connectivity index (χ2n) is 13.0. The highest BCUT2D eigenvalue weighted by molar-refractivity contribution is 6.38. The third kappa shape index (κ3) is 7.24. The van der Waals surface area contributed by atoms with Crippen molar-refractivity contribution in [2.45, 2.75) is 105 Å². The lowest BCUT2D eigenvalue weighted by Crippen LogP contribution is -2.60. The summed E-state index contributed by atoms with van der Waals surface area (Å²) in [5.74, 6) is -2.64. The van der Waals surface area contributed by atoms with Crippen LogP contribution in [0, 0.1) is 22.7 Å². The van der Waals surface area contributed by atoms with Crippen LogP contribution >= 0.6 is 0 Å². The molecule has 2 rings (SSSR count). The maximum atomic E-state index is 13.9. The van der Waals surface area contributed by atoms with Crippen LogP contribution in [0.15, 0.2) is 0 Å². The number of ketones is 1. The van der Waals surface area contributed by atoms with E-state index in [2.05, 4.69) is 29.3 Å². The molecule has 2 fully saturated rings. The average molecular weight is 539 g/mol. The van der Waals surface area contributed by atoms with Gasteiger partial charge in [0.15, 0.2) is 0 Å². The molecule has 0 spiro atoms. The molecule has 0 radical (unpaired) electrons. The summed E-state index contributed by atoms with van der Waals surface area (Å²) in [4.78, 5) is 71.2. The van der Waals surface area contributed by atoms with Crippen LogP contribution < -0.4 is 16.1 Å². The standard InChI is InChI=1S/C27H46N4O7/c1-11-12-13-16(19(32)22(34)30-37-10)28-21(33)18-17-15(27(17,8)9)14-31(18)23(35)20(25(2,3)4)29-24(36)38-26(5,6)7/h15-18,20H,11-14H2,1-10H3,(H,28,33)(H,29,36)(H,30,34)/t15-,16?,17-,18+,20-/m1/s1. The molecular weight excluding hydrogens is 492 g/mol. The highest BCUT2D eigenvalue weighted by Gasteiger charge is 2.70. The predicted molar refractivity (Wildman–Crippen MR) is 140 cm³/mol. The molecule has 1 heterocycles. The average Bonchev–Trinajstić information content (AvgIpc) is 3.11. The van der Waals surface area contributed by atoms with Gasteiger partial charge in [0.1, 0.15) is 17.7 Å². The van der Waals surface area contributed by atoms with Gasteiger partial charge in [0.2, 0.25) is 17.6 Å². The Morgan fingerprint density at radius 3 is 2.13 bits per heavy atom. The number of fused-ring (bicyclic) bond motifs is 1. The van der Waals surface area contributed by atoms with Crippen molar-refractivity contribution in [3.8, 4) is 0 Å². The first-order valence-electron chi connectivity index (χ1n) is 13.3. The van der Waals surface area contributed by atoms with E-state index >= 15 is 0 Å². The number of ether oxygens (including phenoxy) is 1. The van der Waals surface area contributed by atoms with Gasteiger partial charge in [-0.05, 0) is 49.9 Å². The molecule has 38 heavy (non-hydrogen) atoms. The summed E-state index contributed by atoms with van der Waals surface area (Å²) in [6.45, 7) is 17.1. The Labute approximate surface area is 226 Å². The number of hydrogen-bond acceptors (Lipinski definition) is 7. The molecule has 0 aromatic rings. The summed E-state index contributed by atoms with van der Waals surface area (Å²) in [6.07, 6.45) is 0.946. The lowest BCUT2D eigenvalue weighted by atomic mass is 9.85. The number of hydrogen-bond donors (Lipinski definition) is 3. The summed E-state index contributed by atoms with van der Waals surface area (Å²) in [6, 6.07) is -2.83. The monoisotopic (exact) mass is 538 g/mol. The quantitative estimate of drug-likeness (QED) is 0.286. The summed E-state index contributed by atoms with van der Waals surface area (Å²) in [5, 5.41) is 5.46. The van der Waals surface area contributed by atoms with Crippen LogP contribution in [0.3, 0.4) is 0 Å². The van der Waals surface area contributed by atoms with Crippen molar-refractivity contribution >= 4 is 29.6 Å². The molecule has 3 N–H and O–H groups in total. The third-order valence-corrected chi connectivity index (χ3v) is 7.43. The highest BCUT2D eigenvalue weighted by Crippen LogP contribution is 2.65. The molecule has 0 aromatic carbocycles. The van der Waals surface area contributed by atoms with E-state index < -0.39 is 52.8 Å². The van der Waals surface area contributed by atoms with Crippen LogP contribution in [0.2, 0.25) is 0 Å². The molecule has 11 nitrogen and oxygen atoms in total. The Hall–Kier alpha value is -2.69. The van der Waals surface area contributed by atoms with Gasteiger partial charge in [0.05, 0.1) is 13.2 Å². The van der Waals surface area contributed by atoms with E-state index in [1.165, 1.54) is 12.0 Å². The van der Waals surface area contributed by atoms with Gasteiger partial charge >= 0.3 is 12.0 Å². The number of nitrogens with zero attached hydrogens (tertiary/aromatic N) is 1. The number of nitrogens with one attached hydrogen (secondary N) is 3. The van der Waals surface area contributed by atoms with Crippen LogP contribution in [-0.2, 0) is 28.8 Å². The number of piperidine rings is 1. The van der Waals surface area contributed by atoms with Crippen LogP contribution in [0.4, 0.5) is 4.79 Å². The first-order chi connectivity index (χ1) is 17.4. The van der Waals surface area contributed by atoms with Gasteiger partial charge in [-0.15, -0.1) is 0 Å². The first-order valence-corrected chi connectivity index (χ1v) is 13.3. The number of unbranched alkanes of at least 4 members (excludes halogenated alkanes) is 1. The summed E-state index contributed by atoms with van der Waals surface area (Å²) in [7, 11) is 1.22. The number of carbonyl (C=O) groups is 5. The molecule has 0 bridgehead atoms. The van der Waals surface area contributed by atoms with Crippen molar-refractivity contribution in [2.24, 2.45) is 22.7 Å². The number of likely N-dealkylation sites (tertiary alicyclic amines) is 1. The van der Waals surface area contributed by atoms with E-state index in [1.54, 1.807) is 20.8 Å². The highest BCUT2D eigenvalue weighted by atomic mass is 16.6. The van der Waals surface area contributed by atoms with E-state index in [4.69, 9.17) is 4.74 Å². The first kappa shape index (κ1) is 31.5. The fourth-order valence-corrected chi connectivity index (χ4v) is 5.29. The largest absolute Gasteiger partial charge is 0.444 e. The molecule has 1 unspecified atom stereocenters. The molecule has 0 aromatic heterocycles. The number of rotatable bonds is 10. The molecule has 1 aliphatic carbocycles. The number of alkyl carbamates (subject to hydrolysis) is 1. The van der Waals surface area contributed by atoms with E-state index in [-0.39, 0.29) is 29.6 Å². The fraction of sp³-hybridized carbons (Fsp3) is 0.815. The summed E-state index contributed by atoms with van der Waals surface area (Å²) in [5.41, 5.74) is 0.435. The van der Waals surface area contributed by atoms with Gasteiger partial charge in [-0.3, -0.25) is 24.0 Å². The number of carbonyl (C=O) groups excluding carboxylic acids is 5. The summed E-state index contributed by atoms with van der Waals surface area (Å²) < 4.78 is 5.39. The lowest BCUT2D eigenvalue weighted by Gasteiger charge is -2.38. The topological polar surface area (TPSA) is 143 Å². The molecular formula is C27H46N4O7. The maximum Gasteiger partial charge on any atom is 0.408 e. The zero-order chi connectivity index (χ0) is 29.2. The molecule has 1 saturated carbocycles. The van der Waals surface area contributed by atoms with Crippen molar-refractivity contribution in [3.05, 3.63) is 0 Å². The number of hydroxylamine groups is 1.